The molecule has 0 saturated heterocycles. The summed E-state index contributed by atoms with van der Waals surface area (Å²) in [5.74, 6) is -0.504. The van der Waals surface area contributed by atoms with Gasteiger partial charge in [-0.2, -0.15) is 0 Å². The summed E-state index contributed by atoms with van der Waals surface area (Å²) in [7, 11) is 0. The number of unbranched alkanes of at least 4 members (excludes halogenated alkanes) is 3. The average molecular weight is 332 g/mol. The predicted octanol–water partition coefficient (Wildman–Crippen LogP) is 3.61. The van der Waals surface area contributed by atoms with Crippen LogP contribution in [0.1, 0.15) is 56.9 Å². The van der Waals surface area contributed by atoms with Crippen LogP contribution in [0.5, 0.6) is 0 Å². The van der Waals surface area contributed by atoms with Gasteiger partial charge >= 0.3 is 5.97 Å². The summed E-state index contributed by atoms with van der Waals surface area (Å²) in [5, 5.41) is 18.8. The minimum atomic E-state index is -0.745. The van der Waals surface area contributed by atoms with Crippen molar-refractivity contribution in [3.63, 3.8) is 0 Å². The smallest absolute Gasteiger partial charge is 0.303 e. The fraction of sp³-hybridized carbons (Fsp3) is 0.600. The fourth-order valence-corrected chi connectivity index (χ4v) is 3.76. The first-order chi connectivity index (χ1) is 11.6. The zero-order valence-corrected chi connectivity index (χ0v) is 14.2. The minimum absolute atomic E-state index is 0.0248. The number of aryl methyl sites for hydroxylation is 1. The first-order valence-corrected chi connectivity index (χ1v) is 9.04. The number of aliphatic carboxylic acids is 1. The maximum atomic E-state index is 12.2. The van der Waals surface area contributed by atoms with Gasteiger partial charge in [-0.1, -0.05) is 49.6 Å². The van der Waals surface area contributed by atoms with Gasteiger partial charge in [0, 0.05) is 18.8 Å². The van der Waals surface area contributed by atoms with E-state index in [9.17, 15) is 14.7 Å². The molecule has 1 aliphatic rings. The summed E-state index contributed by atoms with van der Waals surface area (Å²) in [6.45, 7) is 0. The lowest BCUT2D eigenvalue weighted by Crippen LogP contribution is -2.21. The van der Waals surface area contributed by atoms with Crippen molar-refractivity contribution in [3.05, 3.63) is 35.9 Å². The standard InChI is InChI=1S/C20H28O4/c21-18-14-19(22)17(13-12-15-8-4-3-5-9-15)16(18)10-6-1-2-7-11-20(23)24/h3-5,8-9,16-17,19,22H,1-2,6-7,10-14H2,(H,23,24)/t16-,17-,19+/m1/s1. The zero-order valence-electron chi connectivity index (χ0n) is 14.2. The Morgan fingerprint density at radius 2 is 1.75 bits per heavy atom. The number of aliphatic hydroxyl groups is 1. The second-order valence-corrected chi connectivity index (χ2v) is 6.88. The normalized spacial score (nSPS) is 23.5. The maximum absolute atomic E-state index is 12.2. The number of carbonyl (C=O) groups excluding carboxylic acids is 1. The number of rotatable bonds is 10. The Morgan fingerprint density at radius 3 is 2.46 bits per heavy atom. The largest absolute Gasteiger partial charge is 0.481 e. The number of ketones is 1. The Balaban J connectivity index is 1.76. The number of carboxylic acids is 1. The quantitative estimate of drug-likeness (QED) is 0.642. The van der Waals surface area contributed by atoms with E-state index in [0.29, 0.717) is 12.8 Å². The molecule has 0 bridgehead atoms. The lowest BCUT2D eigenvalue weighted by Gasteiger charge is -2.21. The molecule has 0 aromatic heterocycles. The van der Waals surface area contributed by atoms with Crippen LogP contribution in [0, 0.1) is 11.8 Å². The van der Waals surface area contributed by atoms with Gasteiger partial charge < -0.3 is 10.2 Å². The molecule has 1 aromatic carbocycles. The van der Waals surface area contributed by atoms with Crippen molar-refractivity contribution in [2.24, 2.45) is 11.8 Å². The zero-order chi connectivity index (χ0) is 17.4. The molecule has 1 aromatic rings. The summed E-state index contributed by atoms with van der Waals surface area (Å²) in [6.07, 6.45) is 6.07. The molecule has 0 radical (unpaired) electrons. The van der Waals surface area contributed by atoms with E-state index in [1.807, 2.05) is 18.2 Å². The van der Waals surface area contributed by atoms with Crippen LogP contribution < -0.4 is 0 Å². The highest BCUT2D eigenvalue weighted by Crippen LogP contribution is 2.36. The molecule has 0 heterocycles. The molecule has 0 unspecified atom stereocenters. The lowest BCUT2D eigenvalue weighted by molar-refractivity contribution is -0.137. The number of carbonyl (C=O) groups is 2. The molecular formula is C20H28O4. The third-order valence-corrected chi connectivity index (χ3v) is 5.10. The van der Waals surface area contributed by atoms with Gasteiger partial charge in [-0.25, -0.2) is 0 Å². The van der Waals surface area contributed by atoms with E-state index in [4.69, 9.17) is 5.11 Å². The van der Waals surface area contributed by atoms with Gasteiger partial charge in [-0.05, 0) is 37.2 Å². The molecule has 1 saturated carbocycles. The number of hydrogen-bond acceptors (Lipinski definition) is 3. The molecule has 1 fully saturated rings. The first kappa shape index (κ1) is 18.7. The molecule has 3 atom stereocenters. The van der Waals surface area contributed by atoms with Crippen LogP contribution >= 0.6 is 0 Å². The van der Waals surface area contributed by atoms with Gasteiger partial charge in [0.15, 0.2) is 0 Å². The topological polar surface area (TPSA) is 74.6 Å². The van der Waals surface area contributed by atoms with E-state index in [0.717, 1.165) is 38.5 Å². The number of Topliss-reactive ketones (excluding diaryl/α,β-unsaturated/α-hetero) is 1. The molecule has 24 heavy (non-hydrogen) atoms. The van der Waals surface area contributed by atoms with Crippen LogP contribution in [0.2, 0.25) is 0 Å². The third-order valence-electron chi connectivity index (χ3n) is 5.10. The number of hydrogen-bond donors (Lipinski definition) is 2. The molecule has 0 amide bonds. The van der Waals surface area contributed by atoms with Gasteiger partial charge in [0.1, 0.15) is 5.78 Å². The van der Waals surface area contributed by atoms with Crippen molar-refractivity contribution in [2.75, 3.05) is 0 Å². The number of benzene rings is 1. The maximum Gasteiger partial charge on any atom is 0.303 e. The molecule has 2 N–H and O–H groups in total. The summed E-state index contributed by atoms with van der Waals surface area (Å²) < 4.78 is 0. The molecule has 132 valence electrons. The van der Waals surface area contributed by atoms with E-state index in [1.165, 1.54) is 5.56 Å². The van der Waals surface area contributed by atoms with Gasteiger partial charge in [0.25, 0.3) is 0 Å². The van der Waals surface area contributed by atoms with E-state index in [-0.39, 0.29) is 24.0 Å². The Hall–Kier alpha value is -1.68. The van der Waals surface area contributed by atoms with Crippen molar-refractivity contribution in [1.29, 1.82) is 0 Å². The van der Waals surface area contributed by atoms with E-state index >= 15 is 0 Å². The molecule has 0 aliphatic heterocycles. The summed E-state index contributed by atoms with van der Waals surface area (Å²) >= 11 is 0. The second kappa shape index (κ2) is 9.58. The molecule has 1 aliphatic carbocycles. The van der Waals surface area contributed by atoms with Gasteiger partial charge in [0.05, 0.1) is 6.10 Å². The molecule has 4 heteroatoms. The fourth-order valence-electron chi connectivity index (χ4n) is 3.76. The second-order valence-electron chi connectivity index (χ2n) is 6.88. The van der Waals surface area contributed by atoms with Crippen molar-refractivity contribution in [1.82, 2.24) is 0 Å². The van der Waals surface area contributed by atoms with Crippen molar-refractivity contribution < 1.29 is 19.8 Å². The highest BCUT2D eigenvalue weighted by atomic mass is 16.4. The molecule has 2 rings (SSSR count). The predicted molar refractivity (Wildman–Crippen MR) is 92.7 cm³/mol. The minimum Gasteiger partial charge on any atom is -0.481 e. The highest BCUT2D eigenvalue weighted by molar-refractivity contribution is 5.84. The SMILES string of the molecule is O=C(O)CCCCCC[C@H]1C(=O)C[C@H](O)[C@@H]1CCc1ccccc1. The summed E-state index contributed by atoms with van der Waals surface area (Å²) in [6, 6.07) is 10.2. The third kappa shape index (κ3) is 5.75. The Morgan fingerprint density at radius 1 is 1.04 bits per heavy atom. The highest BCUT2D eigenvalue weighted by Gasteiger charge is 2.40. The van der Waals surface area contributed by atoms with Crippen molar-refractivity contribution in [3.8, 4) is 0 Å². The van der Waals surface area contributed by atoms with Crippen LogP contribution in [0.25, 0.3) is 0 Å². The van der Waals surface area contributed by atoms with Gasteiger partial charge in [-0.3, -0.25) is 9.59 Å². The van der Waals surface area contributed by atoms with E-state index in [1.54, 1.807) is 0 Å². The van der Waals surface area contributed by atoms with Crippen LogP contribution in [0.15, 0.2) is 30.3 Å². The van der Waals surface area contributed by atoms with Crippen LogP contribution in [0.4, 0.5) is 0 Å². The van der Waals surface area contributed by atoms with Crippen molar-refractivity contribution in [2.45, 2.75) is 63.9 Å². The van der Waals surface area contributed by atoms with Crippen LogP contribution in [-0.4, -0.2) is 28.1 Å². The van der Waals surface area contributed by atoms with E-state index < -0.39 is 12.1 Å². The summed E-state index contributed by atoms with van der Waals surface area (Å²) in [4.78, 5) is 22.7. The van der Waals surface area contributed by atoms with Gasteiger partial charge in [-0.15, -0.1) is 0 Å². The Labute approximate surface area is 143 Å². The molecule has 0 spiro atoms. The van der Waals surface area contributed by atoms with Crippen LogP contribution in [-0.2, 0) is 16.0 Å². The average Bonchev–Trinajstić information content (AvgIpc) is 2.83. The van der Waals surface area contributed by atoms with Crippen molar-refractivity contribution >= 4 is 11.8 Å². The summed E-state index contributed by atoms with van der Waals surface area (Å²) in [5.41, 5.74) is 1.25. The lowest BCUT2D eigenvalue weighted by atomic mass is 9.85. The Bertz CT molecular complexity index is 526. The van der Waals surface area contributed by atoms with Gasteiger partial charge in [0.2, 0.25) is 0 Å². The monoisotopic (exact) mass is 332 g/mol. The number of carboxylic acid groups (broad SMARTS) is 1. The van der Waals surface area contributed by atoms with Crippen LogP contribution in [0.3, 0.4) is 0 Å². The Kier molecular flexibility index (Phi) is 7.44. The number of aliphatic hydroxyl groups excluding tert-OH is 1. The molecule has 4 nitrogen and oxygen atoms in total. The first-order valence-electron chi connectivity index (χ1n) is 9.04. The van der Waals surface area contributed by atoms with E-state index in [2.05, 4.69) is 12.1 Å². The molecular weight excluding hydrogens is 304 g/mol.